The number of carbonyl (C=O) groups excluding carboxylic acids is 1. The minimum absolute atomic E-state index is 0.0533. The average molecular weight is 354 g/mol. The monoisotopic (exact) mass is 354 g/mol. The Kier molecular flexibility index (Phi) is 5.51. The molecule has 1 atom stereocenters. The second kappa shape index (κ2) is 7.99. The number of nitrogens with zero attached hydrogens (tertiary/aromatic N) is 2. The zero-order chi connectivity index (χ0) is 18.5. The summed E-state index contributed by atoms with van der Waals surface area (Å²) in [7, 11) is 0. The van der Waals surface area contributed by atoms with Crippen LogP contribution in [0.25, 0.3) is 0 Å². The van der Waals surface area contributed by atoms with Crippen molar-refractivity contribution in [1.82, 2.24) is 4.90 Å². The first-order chi connectivity index (χ1) is 12.5. The van der Waals surface area contributed by atoms with Crippen molar-refractivity contribution in [3.8, 4) is 5.75 Å². The third-order valence-electron chi connectivity index (χ3n) is 4.70. The highest BCUT2D eigenvalue weighted by molar-refractivity contribution is 5.78. The number of rotatable bonds is 8. The van der Waals surface area contributed by atoms with Gasteiger partial charge in [0.25, 0.3) is 11.6 Å². The maximum Gasteiger partial charge on any atom is 0.273 e. The standard InChI is InChI=1S/C20H22N2O4/c1-15(17-10-11-17)21(13-16-6-3-2-4-7-16)20(23)14-26-19-9-5-8-18(12-19)22(24)25/h2-9,12,15,17H,10-11,13-14H2,1H3. The van der Waals surface area contributed by atoms with E-state index in [1.807, 2.05) is 35.2 Å². The van der Waals surface area contributed by atoms with E-state index in [0.717, 1.165) is 18.4 Å². The van der Waals surface area contributed by atoms with E-state index in [-0.39, 0.29) is 24.2 Å². The Balaban J connectivity index is 1.67. The molecule has 2 aromatic carbocycles. The lowest BCUT2D eigenvalue weighted by molar-refractivity contribution is -0.384. The maximum atomic E-state index is 12.8. The molecule has 3 rings (SSSR count). The molecule has 0 aromatic heterocycles. The van der Waals surface area contributed by atoms with E-state index in [4.69, 9.17) is 4.74 Å². The van der Waals surface area contributed by atoms with Gasteiger partial charge in [-0.1, -0.05) is 36.4 Å². The zero-order valence-electron chi connectivity index (χ0n) is 14.7. The molecule has 1 amide bonds. The third-order valence-corrected chi connectivity index (χ3v) is 4.70. The highest BCUT2D eigenvalue weighted by Gasteiger charge is 2.34. The predicted molar refractivity (Wildman–Crippen MR) is 97.8 cm³/mol. The maximum absolute atomic E-state index is 12.8. The first-order valence-corrected chi connectivity index (χ1v) is 8.75. The van der Waals surface area contributed by atoms with Crippen LogP contribution in [0, 0.1) is 16.0 Å². The second-order valence-electron chi connectivity index (χ2n) is 6.63. The summed E-state index contributed by atoms with van der Waals surface area (Å²) in [6.07, 6.45) is 2.29. The van der Waals surface area contributed by atoms with Crippen molar-refractivity contribution in [1.29, 1.82) is 0 Å². The van der Waals surface area contributed by atoms with Gasteiger partial charge >= 0.3 is 0 Å². The number of non-ortho nitro benzene ring substituents is 1. The van der Waals surface area contributed by atoms with E-state index in [9.17, 15) is 14.9 Å². The van der Waals surface area contributed by atoms with E-state index < -0.39 is 4.92 Å². The molecule has 1 unspecified atom stereocenters. The molecule has 1 saturated carbocycles. The largest absolute Gasteiger partial charge is 0.484 e. The van der Waals surface area contributed by atoms with E-state index in [0.29, 0.717) is 18.2 Å². The van der Waals surface area contributed by atoms with Gasteiger partial charge in [-0.25, -0.2) is 0 Å². The van der Waals surface area contributed by atoms with Crippen LogP contribution in [0.2, 0.25) is 0 Å². The zero-order valence-corrected chi connectivity index (χ0v) is 14.7. The predicted octanol–water partition coefficient (Wildman–Crippen LogP) is 3.80. The number of hydrogen-bond acceptors (Lipinski definition) is 4. The van der Waals surface area contributed by atoms with Crippen LogP contribution < -0.4 is 4.74 Å². The fourth-order valence-corrected chi connectivity index (χ4v) is 2.99. The van der Waals surface area contributed by atoms with E-state index in [1.165, 1.54) is 12.1 Å². The molecule has 0 spiro atoms. The van der Waals surface area contributed by atoms with Crippen LogP contribution in [0.15, 0.2) is 54.6 Å². The van der Waals surface area contributed by atoms with Crippen molar-refractivity contribution in [2.75, 3.05) is 6.61 Å². The Hall–Kier alpha value is -2.89. The molecular weight excluding hydrogens is 332 g/mol. The van der Waals surface area contributed by atoms with Crippen molar-refractivity contribution < 1.29 is 14.5 Å². The third kappa shape index (κ3) is 4.59. The summed E-state index contributed by atoms with van der Waals surface area (Å²) in [5, 5.41) is 10.8. The molecule has 1 aliphatic carbocycles. The van der Waals surface area contributed by atoms with Gasteiger partial charge < -0.3 is 9.64 Å². The lowest BCUT2D eigenvalue weighted by Crippen LogP contribution is -2.42. The fourth-order valence-electron chi connectivity index (χ4n) is 2.99. The van der Waals surface area contributed by atoms with Crippen molar-refractivity contribution >= 4 is 11.6 Å². The Labute approximate surface area is 152 Å². The SMILES string of the molecule is CC(C1CC1)N(Cc1ccccc1)C(=O)COc1cccc([N+](=O)[O-])c1. The van der Waals surface area contributed by atoms with E-state index in [1.54, 1.807) is 12.1 Å². The molecule has 136 valence electrons. The summed E-state index contributed by atoms with van der Waals surface area (Å²) in [5.74, 6) is 0.756. The van der Waals surface area contributed by atoms with Gasteiger partial charge in [-0.15, -0.1) is 0 Å². The van der Waals surface area contributed by atoms with E-state index >= 15 is 0 Å². The Morgan fingerprint density at radius 3 is 2.62 bits per heavy atom. The quantitative estimate of drug-likeness (QED) is 0.534. The summed E-state index contributed by atoms with van der Waals surface area (Å²) >= 11 is 0. The van der Waals surface area contributed by atoms with Crippen LogP contribution >= 0.6 is 0 Å². The van der Waals surface area contributed by atoms with Gasteiger partial charge in [-0.05, 0) is 37.3 Å². The number of nitro benzene ring substituents is 1. The lowest BCUT2D eigenvalue weighted by Gasteiger charge is -2.29. The minimum atomic E-state index is -0.481. The number of benzene rings is 2. The van der Waals surface area contributed by atoms with Crippen LogP contribution in [0.4, 0.5) is 5.69 Å². The van der Waals surface area contributed by atoms with Crippen LogP contribution in [0.3, 0.4) is 0 Å². The topological polar surface area (TPSA) is 72.7 Å². The summed E-state index contributed by atoms with van der Waals surface area (Å²) < 4.78 is 5.53. The number of nitro groups is 1. The minimum Gasteiger partial charge on any atom is -0.484 e. The van der Waals surface area contributed by atoms with Gasteiger partial charge in [-0.3, -0.25) is 14.9 Å². The summed E-state index contributed by atoms with van der Waals surface area (Å²) in [4.78, 5) is 25.0. The summed E-state index contributed by atoms with van der Waals surface area (Å²) in [5.41, 5.74) is 1.02. The number of ether oxygens (including phenoxy) is 1. The molecule has 1 fully saturated rings. The number of hydrogen-bond donors (Lipinski definition) is 0. The number of amides is 1. The first kappa shape index (κ1) is 17.9. The van der Waals surface area contributed by atoms with Crippen molar-refractivity contribution in [3.05, 3.63) is 70.3 Å². The molecule has 0 N–H and O–H groups in total. The van der Waals surface area contributed by atoms with Crippen molar-refractivity contribution in [2.24, 2.45) is 5.92 Å². The van der Waals surface area contributed by atoms with Crippen LogP contribution in [0.1, 0.15) is 25.3 Å². The van der Waals surface area contributed by atoms with Crippen LogP contribution in [-0.4, -0.2) is 28.4 Å². The number of carbonyl (C=O) groups is 1. The normalized spacial score (nSPS) is 14.5. The van der Waals surface area contributed by atoms with Gasteiger partial charge in [0, 0.05) is 18.7 Å². The molecular formula is C20H22N2O4. The molecule has 1 aliphatic rings. The molecule has 0 aliphatic heterocycles. The highest BCUT2D eigenvalue weighted by atomic mass is 16.6. The summed E-state index contributed by atoms with van der Waals surface area (Å²) in [6, 6.07) is 15.9. The van der Waals surface area contributed by atoms with Gasteiger partial charge in [0.2, 0.25) is 0 Å². The first-order valence-electron chi connectivity index (χ1n) is 8.75. The molecule has 0 saturated heterocycles. The summed E-state index contributed by atoms with van der Waals surface area (Å²) in [6.45, 7) is 2.48. The van der Waals surface area contributed by atoms with Crippen LogP contribution in [-0.2, 0) is 11.3 Å². The lowest BCUT2D eigenvalue weighted by atomic mass is 10.1. The molecule has 0 heterocycles. The average Bonchev–Trinajstić information content (AvgIpc) is 3.50. The van der Waals surface area contributed by atoms with Gasteiger partial charge in [0.15, 0.2) is 6.61 Å². The molecule has 0 radical (unpaired) electrons. The van der Waals surface area contributed by atoms with Crippen molar-refractivity contribution in [3.63, 3.8) is 0 Å². The van der Waals surface area contributed by atoms with Gasteiger partial charge in [-0.2, -0.15) is 0 Å². The Bertz CT molecular complexity index is 774. The molecule has 0 bridgehead atoms. The van der Waals surface area contributed by atoms with Gasteiger partial charge in [0.1, 0.15) is 5.75 Å². The molecule has 26 heavy (non-hydrogen) atoms. The molecule has 6 heteroatoms. The smallest absolute Gasteiger partial charge is 0.273 e. The molecule has 2 aromatic rings. The van der Waals surface area contributed by atoms with E-state index in [2.05, 4.69) is 6.92 Å². The second-order valence-corrected chi connectivity index (χ2v) is 6.63. The van der Waals surface area contributed by atoms with Crippen molar-refractivity contribution in [2.45, 2.75) is 32.4 Å². The van der Waals surface area contributed by atoms with Crippen LogP contribution in [0.5, 0.6) is 5.75 Å². The Morgan fingerprint density at radius 2 is 1.96 bits per heavy atom. The van der Waals surface area contributed by atoms with Gasteiger partial charge in [0.05, 0.1) is 11.0 Å². The molecule has 6 nitrogen and oxygen atoms in total. The fraction of sp³-hybridized carbons (Fsp3) is 0.350. The highest BCUT2D eigenvalue weighted by Crippen LogP contribution is 2.35. The Morgan fingerprint density at radius 1 is 1.23 bits per heavy atom.